The van der Waals surface area contributed by atoms with Gasteiger partial charge in [0.1, 0.15) is 24.9 Å². The Morgan fingerprint density at radius 3 is 2.71 bits per heavy atom. The fourth-order valence-corrected chi connectivity index (χ4v) is 4.52. The molecule has 1 atom stereocenters. The van der Waals surface area contributed by atoms with E-state index in [9.17, 15) is 4.39 Å². The van der Waals surface area contributed by atoms with Crippen molar-refractivity contribution in [3.63, 3.8) is 0 Å². The summed E-state index contributed by atoms with van der Waals surface area (Å²) in [6.45, 7) is 5.98. The van der Waals surface area contributed by atoms with Gasteiger partial charge in [-0.3, -0.25) is 4.90 Å². The van der Waals surface area contributed by atoms with Crippen LogP contribution in [0.2, 0.25) is 0 Å². The van der Waals surface area contributed by atoms with Gasteiger partial charge in [-0.2, -0.15) is 0 Å². The van der Waals surface area contributed by atoms with Gasteiger partial charge in [-0.25, -0.2) is 14.4 Å². The monoisotopic (exact) mass is 419 g/mol. The van der Waals surface area contributed by atoms with E-state index in [2.05, 4.69) is 22.0 Å². The molecule has 0 amide bonds. The van der Waals surface area contributed by atoms with E-state index in [1.807, 2.05) is 31.3 Å². The largest absolute Gasteiger partial charge is 0.486 e. The number of nitrogens with zero attached hydrogens (tertiary/aromatic N) is 3. The Hall–Kier alpha value is -2.99. The number of likely N-dealkylation sites (tertiary alicyclic amines) is 1. The number of rotatable bonds is 4. The molecular formula is C25H26FN3O2. The van der Waals surface area contributed by atoms with E-state index >= 15 is 0 Å². The van der Waals surface area contributed by atoms with Gasteiger partial charge in [-0.1, -0.05) is 18.2 Å². The second-order valence-electron chi connectivity index (χ2n) is 8.28. The van der Waals surface area contributed by atoms with Gasteiger partial charge in [0, 0.05) is 30.8 Å². The minimum Gasteiger partial charge on any atom is -0.486 e. The smallest absolute Gasteiger partial charge is 0.161 e. The molecule has 31 heavy (non-hydrogen) atoms. The van der Waals surface area contributed by atoms with E-state index in [4.69, 9.17) is 14.5 Å². The van der Waals surface area contributed by atoms with Gasteiger partial charge in [0.15, 0.2) is 11.5 Å². The molecule has 3 aromatic rings. The van der Waals surface area contributed by atoms with Crippen LogP contribution >= 0.6 is 0 Å². The van der Waals surface area contributed by atoms with Gasteiger partial charge in [0.25, 0.3) is 0 Å². The Morgan fingerprint density at radius 2 is 1.87 bits per heavy atom. The summed E-state index contributed by atoms with van der Waals surface area (Å²) >= 11 is 0. The number of hydrogen-bond donors (Lipinski definition) is 0. The van der Waals surface area contributed by atoms with Crippen LogP contribution in [-0.4, -0.2) is 41.2 Å². The highest BCUT2D eigenvalue weighted by Crippen LogP contribution is 2.35. The SMILES string of the molecule is Cc1ncc(-c2ccc(F)cc2)c([C@H]2CCCN(Cc3ccc4c(c3)OCCO4)C2)n1. The van der Waals surface area contributed by atoms with Crippen LogP contribution in [0.3, 0.4) is 0 Å². The Bertz CT molecular complexity index is 1070. The lowest BCUT2D eigenvalue weighted by atomic mass is 9.89. The summed E-state index contributed by atoms with van der Waals surface area (Å²) in [6.07, 6.45) is 4.08. The first-order valence-electron chi connectivity index (χ1n) is 10.9. The molecule has 0 spiro atoms. The minimum absolute atomic E-state index is 0.235. The molecule has 5 rings (SSSR count). The standard InChI is InChI=1S/C25H26FN3O2/c1-17-27-14-22(19-5-7-21(26)8-6-19)25(28-17)20-3-2-10-29(16-20)15-18-4-9-23-24(13-18)31-12-11-30-23/h4-9,13-14,20H,2-3,10-12,15-16H2,1H3/t20-/m0/s1. The summed E-state index contributed by atoms with van der Waals surface area (Å²) in [5.41, 5.74) is 4.24. The molecule has 160 valence electrons. The van der Waals surface area contributed by atoms with Crippen molar-refractivity contribution in [2.24, 2.45) is 0 Å². The highest BCUT2D eigenvalue weighted by atomic mass is 19.1. The van der Waals surface area contributed by atoms with Gasteiger partial charge >= 0.3 is 0 Å². The number of aromatic nitrogens is 2. The Balaban J connectivity index is 1.37. The van der Waals surface area contributed by atoms with Gasteiger partial charge in [-0.05, 0) is 61.7 Å². The third-order valence-corrected chi connectivity index (χ3v) is 6.00. The zero-order chi connectivity index (χ0) is 21.2. The molecule has 2 aliphatic rings. The van der Waals surface area contributed by atoms with Crippen molar-refractivity contribution in [2.45, 2.75) is 32.2 Å². The number of aryl methyl sites for hydroxylation is 1. The summed E-state index contributed by atoms with van der Waals surface area (Å²) in [5, 5.41) is 0. The molecule has 0 N–H and O–H groups in total. The van der Waals surface area contributed by atoms with Crippen molar-refractivity contribution in [2.75, 3.05) is 26.3 Å². The van der Waals surface area contributed by atoms with Gasteiger partial charge in [-0.15, -0.1) is 0 Å². The van der Waals surface area contributed by atoms with E-state index in [0.29, 0.717) is 19.1 Å². The number of piperidine rings is 1. The summed E-state index contributed by atoms with van der Waals surface area (Å²) in [7, 11) is 0. The van der Waals surface area contributed by atoms with E-state index in [0.717, 1.165) is 66.6 Å². The number of fused-ring (bicyclic) bond motifs is 1. The zero-order valence-electron chi connectivity index (χ0n) is 17.7. The second kappa shape index (κ2) is 8.63. The predicted molar refractivity (Wildman–Crippen MR) is 117 cm³/mol. The zero-order valence-corrected chi connectivity index (χ0v) is 17.7. The minimum atomic E-state index is -0.235. The summed E-state index contributed by atoms with van der Waals surface area (Å²) in [4.78, 5) is 11.7. The number of halogens is 1. The lowest BCUT2D eigenvalue weighted by molar-refractivity contribution is 0.170. The fourth-order valence-electron chi connectivity index (χ4n) is 4.52. The third-order valence-electron chi connectivity index (χ3n) is 6.00. The van der Waals surface area contributed by atoms with Crippen LogP contribution in [0.25, 0.3) is 11.1 Å². The van der Waals surface area contributed by atoms with E-state index in [-0.39, 0.29) is 5.82 Å². The normalized spacial score (nSPS) is 18.7. The van der Waals surface area contributed by atoms with Crippen LogP contribution in [0.1, 0.15) is 35.8 Å². The van der Waals surface area contributed by atoms with Crippen molar-refractivity contribution in [3.05, 3.63) is 71.6 Å². The lowest BCUT2D eigenvalue weighted by Gasteiger charge is -2.33. The Kier molecular flexibility index (Phi) is 5.55. The van der Waals surface area contributed by atoms with Gasteiger partial charge < -0.3 is 9.47 Å². The van der Waals surface area contributed by atoms with Crippen molar-refractivity contribution in [1.82, 2.24) is 14.9 Å². The van der Waals surface area contributed by atoms with Crippen LogP contribution in [0.4, 0.5) is 4.39 Å². The van der Waals surface area contributed by atoms with E-state index in [1.54, 1.807) is 0 Å². The molecule has 6 heteroatoms. The average Bonchev–Trinajstić information content (AvgIpc) is 2.80. The molecule has 2 aliphatic heterocycles. The molecule has 0 radical (unpaired) electrons. The molecule has 3 heterocycles. The number of benzene rings is 2. The van der Waals surface area contributed by atoms with Crippen molar-refractivity contribution in [1.29, 1.82) is 0 Å². The summed E-state index contributed by atoms with van der Waals surface area (Å²) in [6, 6.07) is 12.8. The molecule has 5 nitrogen and oxygen atoms in total. The molecular weight excluding hydrogens is 393 g/mol. The maximum Gasteiger partial charge on any atom is 0.161 e. The highest BCUT2D eigenvalue weighted by molar-refractivity contribution is 5.65. The van der Waals surface area contributed by atoms with Gasteiger partial charge in [0.2, 0.25) is 0 Å². The molecule has 0 saturated carbocycles. The second-order valence-corrected chi connectivity index (χ2v) is 8.28. The molecule has 0 aliphatic carbocycles. The molecule has 0 unspecified atom stereocenters. The first kappa shape index (κ1) is 19.9. The molecule has 2 aromatic carbocycles. The van der Waals surface area contributed by atoms with Crippen LogP contribution in [0.15, 0.2) is 48.7 Å². The molecule has 1 saturated heterocycles. The van der Waals surface area contributed by atoms with Crippen molar-refractivity contribution >= 4 is 0 Å². The van der Waals surface area contributed by atoms with Crippen molar-refractivity contribution < 1.29 is 13.9 Å². The van der Waals surface area contributed by atoms with Crippen LogP contribution in [0.5, 0.6) is 11.5 Å². The Morgan fingerprint density at radius 1 is 1.06 bits per heavy atom. The average molecular weight is 420 g/mol. The summed E-state index contributed by atoms with van der Waals surface area (Å²) < 4.78 is 24.8. The molecule has 1 fully saturated rings. The third kappa shape index (κ3) is 4.39. The number of hydrogen-bond acceptors (Lipinski definition) is 5. The lowest BCUT2D eigenvalue weighted by Crippen LogP contribution is -2.34. The first-order valence-corrected chi connectivity index (χ1v) is 10.9. The van der Waals surface area contributed by atoms with E-state index in [1.165, 1.54) is 17.7 Å². The molecule has 1 aromatic heterocycles. The first-order chi connectivity index (χ1) is 15.2. The maximum atomic E-state index is 13.4. The quantitative estimate of drug-likeness (QED) is 0.611. The fraction of sp³-hybridized carbons (Fsp3) is 0.360. The van der Waals surface area contributed by atoms with Crippen LogP contribution < -0.4 is 9.47 Å². The topological polar surface area (TPSA) is 47.5 Å². The predicted octanol–water partition coefficient (Wildman–Crippen LogP) is 4.74. The van der Waals surface area contributed by atoms with Crippen molar-refractivity contribution in [3.8, 4) is 22.6 Å². The van der Waals surface area contributed by atoms with Crippen LogP contribution in [-0.2, 0) is 6.54 Å². The van der Waals surface area contributed by atoms with Crippen LogP contribution in [0, 0.1) is 12.7 Å². The summed E-state index contributed by atoms with van der Waals surface area (Å²) in [5.74, 6) is 2.51. The Labute approximate surface area is 181 Å². The van der Waals surface area contributed by atoms with E-state index < -0.39 is 0 Å². The maximum absolute atomic E-state index is 13.4. The highest BCUT2D eigenvalue weighted by Gasteiger charge is 2.26. The number of ether oxygens (including phenoxy) is 2. The molecule has 0 bridgehead atoms. The van der Waals surface area contributed by atoms with Gasteiger partial charge in [0.05, 0.1) is 5.69 Å².